The molecule has 4 rings (SSSR count). The number of benzene rings is 4. The lowest BCUT2D eigenvalue weighted by Gasteiger charge is -2.10. The van der Waals surface area contributed by atoms with Crippen LogP contribution in [0.5, 0.6) is 28.7 Å². The number of hydrogen-bond acceptors (Lipinski definition) is 11. The maximum Gasteiger partial charge on any atom is 0.298 e. The number of ketones is 2. The molecule has 44 heavy (non-hydrogen) atoms. The van der Waals surface area contributed by atoms with Crippen molar-refractivity contribution in [2.75, 3.05) is 14.2 Å². The summed E-state index contributed by atoms with van der Waals surface area (Å²) in [5.74, 6) is -1.52. The third-order valence-electron chi connectivity index (χ3n) is 5.67. The number of rotatable bonds is 9. The standard InChI is InChI=1S/C14H12O6S.C14H12O4.H8O2Si3/c1-20-12-8-11(15)10(7-13(12)21(17,18)19)14(16)9-5-3-2-4-6-9;1-18-9-6-7-11(13(16)8-9)14(17)10-4-2-3-5-12(10)15;3-1-5-2-4/h2-8,15H,1H3,(H,17,18,19);2-8,15-16H,1H3;5H2,3-4H3. The molecule has 4 N–H and O–H groups in total. The number of phenols is 3. The Labute approximate surface area is 262 Å². The summed E-state index contributed by atoms with van der Waals surface area (Å²) in [4.78, 5) is 23.8. The topological polar surface area (TPSA) is 186 Å². The molecule has 0 amide bonds. The smallest absolute Gasteiger partial charge is 0.298 e. The first-order chi connectivity index (χ1) is 20.9. The predicted molar refractivity (Wildman–Crippen MR) is 171 cm³/mol. The largest absolute Gasteiger partial charge is 0.507 e. The van der Waals surface area contributed by atoms with Crippen molar-refractivity contribution >= 4 is 52.7 Å². The number of methoxy groups -OCH3 is 2. The molecule has 234 valence electrons. The minimum Gasteiger partial charge on any atom is -0.507 e. The van der Waals surface area contributed by atoms with Crippen LogP contribution in [0.1, 0.15) is 31.8 Å². The molecule has 4 aromatic carbocycles. The second kappa shape index (κ2) is 17.1. The van der Waals surface area contributed by atoms with Gasteiger partial charge in [-0.3, -0.25) is 14.1 Å². The number of para-hydroxylation sites is 1. The number of carbonyl (C=O) groups excluding carboxylic acids is 2. The van der Waals surface area contributed by atoms with E-state index in [2.05, 4.69) is 0 Å². The first-order valence-corrected chi connectivity index (χ1v) is 16.8. The molecule has 0 atom stereocenters. The van der Waals surface area contributed by atoms with Crippen LogP contribution in [-0.2, 0) is 18.3 Å². The second-order valence-electron chi connectivity index (χ2n) is 8.61. The van der Waals surface area contributed by atoms with E-state index in [1.807, 2.05) is 0 Å². The van der Waals surface area contributed by atoms with E-state index < -0.39 is 42.3 Å². The van der Waals surface area contributed by atoms with Crippen molar-refractivity contribution in [2.24, 2.45) is 0 Å². The van der Waals surface area contributed by atoms with Crippen molar-refractivity contribution in [3.05, 3.63) is 107 Å². The first-order valence-electron chi connectivity index (χ1n) is 12.5. The number of hydrogen-bond donors (Lipinski definition) is 4. The van der Waals surface area contributed by atoms with Crippen LogP contribution < -0.4 is 9.47 Å². The molecule has 0 fully saturated rings. The van der Waals surface area contributed by atoms with Crippen LogP contribution in [0.15, 0.2) is 89.8 Å². The van der Waals surface area contributed by atoms with E-state index in [9.17, 15) is 33.3 Å². The molecule has 0 saturated carbocycles. The van der Waals surface area contributed by atoms with E-state index in [1.54, 1.807) is 36.4 Å². The van der Waals surface area contributed by atoms with Crippen LogP contribution in [0.4, 0.5) is 0 Å². The second-order valence-corrected chi connectivity index (χ2v) is 14.9. The van der Waals surface area contributed by atoms with Crippen molar-refractivity contribution in [2.45, 2.75) is 4.90 Å². The van der Waals surface area contributed by atoms with Gasteiger partial charge in [-0.1, -0.05) is 42.5 Å². The van der Waals surface area contributed by atoms with Gasteiger partial charge in [0.1, 0.15) is 54.6 Å². The highest BCUT2D eigenvalue weighted by Gasteiger charge is 2.23. The zero-order valence-corrected chi connectivity index (χ0v) is 30.5. The van der Waals surface area contributed by atoms with Crippen molar-refractivity contribution in [1.82, 2.24) is 0 Å². The monoisotopic (exact) mass is 676 g/mol. The van der Waals surface area contributed by atoms with E-state index in [1.165, 1.54) is 50.6 Å². The third kappa shape index (κ3) is 9.88. The van der Waals surface area contributed by atoms with Crippen molar-refractivity contribution in [1.29, 1.82) is 0 Å². The normalized spacial score (nSPS) is 10.8. The van der Waals surface area contributed by atoms with Crippen LogP contribution in [0.3, 0.4) is 0 Å². The highest BCUT2D eigenvalue weighted by molar-refractivity contribution is 7.86. The van der Waals surface area contributed by atoms with Crippen LogP contribution >= 0.6 is 0 Å². The summed E-state index contributed by atoms with van der Waals surface area (Å²) in [5, 5.41) is 29.2. The van der Waals surface area contributed by atoms with Gasteiger partial charge in [-0.2, -0.15) is 8.42 Å². The molecule has 0 aromatic heterocycles. The molecule has 0 aliphatic rings. The molecule has 16 heteroatoms. The van der Waals surface area contributed by atoms with Gasteiger partial charge in [0.25, 0.3) is 20.1 Å². The maximum absolute atomic E-state index is 12.3. The summed E-state index contributed by atoms with van der Waals surface area (Å²) < 4.78 is 51.1. The Hall–Kier alpha value is -4.30. The van der Waals surface area contributed by atoms with Crippen LogP contribution in [0, 0.1) is 0 Å². The summed E-state index contributed by atoms with van der Waals surface area (Å²) in [5.41, 5.74) is 0.309. The Morgan fingerprint density at radius 3 is 1.75 bits per heavy atom. The summed E-state index contributed by atoms with van der Waals surface area (Å²) in [7, 11) is -0.664. The molecule has 4 aromatic rings. The van der Waals surface area contributed by atoms with E-state index in [0.29, 0.717) is 5.75 Å². The molecule has 12 nitrogen and oxygen atoms in total. The highest BCUT2D eigenvalue weighted by Crippen LogP contribution is 2.33. The van der Waals surface area contributed by atoms with Crippen molar-refractivity contribution in [3.63, 3.8) is 0 Å². The lowest BCUT2D eigenvalue weighted by Crippen LogP contribution is -2.07. The van der Waals surface area contributed by atoms with Gasteiger partial charge in [0, 0.05) is 17.7 Å². The quantitative estimate of drug-likeness (QED) is 0.111. The molecule has 0 heterocycles. The summed E-state index contributed by atoms with van der Waals surface area (Å²) in [6, 6.07) is 20.5. The number of ether oxygens (including phenoxy) is 2. The molecular formula is C28H32O12SSi3. The third-order valence-corrected chi connectivity index (χ3v) is 8.43. The predicted octanol–water partition coefficient (Wildman–Crippen LogP) is 0.795. The fourth-order valence-electron chi connectivity index (χ4n) is 3.60. The average Bonchev–Trinajstić information content (AvgIpc) is 3.01. The average molecular weight is 677 g/mol. The zero-order chi connectivity index (χ0) is 32.9. The van der Waals surface area contributed by atoms with Gasteiger partial charge >= 0.3 is 0 Å². The summed E-state index contributed by atoms with van der Waals surface area (Å²) in [6.45, 7) is 0. The van der Waals surface area contributed by atoms with Gasteiger partial charge in [-0.15, -0.1) is 0 Å². The van der Waals surface area contributed by atoms with Gasteiger partial charge in [-0.25, -0.2) is 0 Å². The zero-order valence-electron chi connectivity index (χ0n) is 24.3. The minimum atomic E-state index is -4.59. The molecule has 0 bridgehead atoms. The van der Waals surface area contributed by atoms with Gasteiger partial charge in [0.2, 0.25) is 0 Å². The van der Waals surface area contributed by atoms with E-state index >= 15 is 0 Å². The number of aromatic hydroxyl groups is 3. The Balaban J connectivity index is 0.000000268. The molecular weight excluding hydrogens is 645 g/mol. The fourth-order valence-corrected chi connectivity index (χ4v) is 7.32. The number of phenolic OH excluding ortho intramolecular Hbond substituents is 3. The van der Waals surface area contributed by atoms with E-state index in [0.717, 1.165) is 33.1 Å². The first kappa shape index (κ1) is 35.9. The molecule has 0 radical (unpaired) electrons. The lowest BCUT2D eigenvalue weighted by atomic mass is 10.0. The summed E-state index contributed by atoms with van der Waals surface area (Å²) >= 11 is 0. The SMILES string of the molecule is COc1cc(O)c(C(=O)c2ccccc2)cc1S(=O)(=O)O.COc1ccc(C(=O)c2ccccc2O)c(O)c1.[SiH3]O[SiH2]O[SiH3]. The molecule has 0 unspecified atom stereocenters. The van der Waals surface area contributed by atoms with E-state index in [4.69, 9.17) is 22.3 Å². The van der Waals surface area contributed by atoms with Crippen LogP contribution in [0.25, 0.3) is 0 Å². The fraction of sp³-hybridized carbons (Fsp3) is 0.0714. The van der Waals surface area contributed by atoms with Gasteiger partial charge in [-0.05, 0) is 30.3 Å². The van der Waals surface area contributed by atoms with Gasteiger partial charge in [0.15, 0.2) is 11.6 Å². The molecule has 0 saturated heterocycles. The van der Waals surface area contributed by atoms with Gasteiger partial charge in [0.05, 0.1) is 30.9 Å². The Morgan fingerprint density at radius 2 is 1.25 bits per heavy atom. The Morgan fingerprint density at radius 1 is 0.682 bits per heavy atom. The van der Waals surface area contributed by atoms with Crippen LogP contribution in [-0.4, -0.2) is 85.1 Å². The maximum atomic E-state index is 12.3. The minimum absolute atomic E-state index is 0.113. The number of carbonyl (C=O) groups is 2. The lowest BCUT2D eigenvalue weighted by molar-refractivity contribution is 0.102. The molecule has 0 aliphatic carbocycles. The highest BCUT2D eigenvalue weighted by atomic mass is 32.2. The van der Waals surface area contributed by atoms with Gasteiger partial charge < -0.3 is 33.0 Å². The summed E-state index contributed by atoms with van der Waals surface area (Å²) in [6.07, 6.45) is 0. The van der Waals surface area contributed by atoms with Crippen molar-refractivity contribution < 1.29 is 55.6 Å². The Kier molecular flexibility index (Phi) is 14.0. The molecule has 0 spiro atoms. The van der Waals surface area contributed by atoms with Crippen molar-refractivity contribution in [3.8, 4) is 28.7 Å². The van der Waals surface area contributed by atoms with E-state index in [-0.39, 0.29) is 39.5 Å². The molecule has 0 aliphatic heterocycles. The Bertz CT molecular complexity index is 1680. The van der Waals surface area contributed by atoms with Crippen LogP contribution in [0.2, 0.25) is 0 Å².